The third-order valence-corrected chi connectivity index (χ3v) is 4.24. The van der Waals surface area contributed by atoms with Gasteiger partial charge in [0.1, 0.15) is 0 Å². The second-order valence-electron chi connectivity index (χ2n) is 6.04. The van der Waals surface area contributed by atoms with Crippen molar-refractivity contribution >= 4 is 5.91 Å². The van der Waals surface area contributed by atoms with Crippen LogP contribution in [0.25, 0.3) is 0 Å². The summed E-state index contributed by atoms with van der Waals surface area (Å²) in [6.07, 6.45) is 2.33. The van der Waals surface area contributed by atoms with Crippen molar-refractivity contribution in [3.63, 3.8) is 0 Å². The van der Waals surface area contributed by atoms with E-state index >= 15 is 0 Å². The van der Waals surface area contributed by atoms with Gasteiger partial charge in [-0.05, 0) is 31.7 Å². The molecule has 122 valence electrons. The van der Waals surface area contributed by atoms with E-state index in [-0.39, 0.29) is 17.9 Å². The molecule has 1 amide bonds. The van der Waals surface area contributed by atoms with Crippen molar-refractivity contribution in [2.24, 2.45) is 5.92 Å². The number of rotatable bonds is 5. The minimum atomic E-state index is -0.541. The minimum absolute atomic E-state index is 0.142. The van der Waals surface area contributed by atoms with Gasteiger partial charge in [0.05, 0.1) is 24.5 Å². The first-order chi connectivity index (χ1) is 11.1. The van der Waals surface area contributed by atoms with Gasteiger partial charge >= 0.3 is 0 Å². The van der Waals surface area contributed by atoms with E-state index in [0.717, 1.165) is 18.4 Å². The summed E-state index contributed by atoms with van der Waals surface area (Å²) in [5.41, 5.74) is 1.09. The number of hydrogen-bond donors (Lipinski definition) is 2. The quantitative estimate of drug-likeness (QED) is 0.881. The van der Waals surface area contributed by atoms with E-state index in [2.05, 4.69) is 15.5 Å². The van der Waals surface area contributed by atoms with Gasteiger partial charge in [-0.1, -0.05) is 35.5 Å². The SMILES string of the molecule is CC(NC(=O)C1CCCC1O)c1noc(Cc2ccccc2)n1. The largest absolute Gasteiger partial charge is 0.392 e. The Labute approximate surface area is 134 Å². The molecule has 6 heteroatoms. The van der Waals surface area contributed by atoms with Crippen molar-refractivity contribution < 1.29 is 14.4 Å². The second-order valence-corrected chi connectivity index (χ2v) is 6.04. The van der Waals surface area contributed by atoms with Gasteiger partial charge in [-0.25, -0.2) is 0 Å². The highest BCUT2D eigenvalue weighted by atomic mass is 16.5. The standard InChI is InChI=1S/C17H21N3O3/c1-11(18-17(22)13-8-5-9-14(13)21)16-19-15(23-20-16)10-12-6-3-2-4-7-12/h2-4,6-7,11,13-14,21H,5,8-10H2,1H3,(H,18,22). The Morgan fingerprint density at radius 1 is 1.39 bits per heavy atom. The van der Waals surface area contributed by atoms with Crippen LogP contribution in [0.15, 0.2) is 34.9 Å². The summed E-state index contributed by atoms with van der Waals surface area (Å²) >= 11 is 0. The maximum absolute atomic E-state index is 12.2. The lowest BCUT2D eigenvalue weighted by Crippen LogP contribution is -2.36. The van der Waals surface area contributed by atoms with Gasteiger partial charge < -0.3 is 14.9 Å². The van der Waals surface area contributed by atoms with Crippen molar-refractivity contribution in [1.29, 1.82) is 0 Å². The van der Waals surface area contributed by atoms with Crippen molar-refractivity contribution in [2.75, 3.05) is 0 Å². The summed E-state index contributed by atoms with van der Waals surface area (Å²) in [5, 5.41) is 16.6. The molecule has 3 rings (SSSR count). The molecule has 1 aromatic carbocycles. The zero-order chi connectivity index (χ0) is 16.2. The van der Waals surface area contributed by atoms with Gasteiger partial charge in [-0.15, -0.1) is 0 Å². The van der Waals surface area contributed by atoms with Gasteiger partial charge in [-0.2, -0.15) is 4.98 Å². The molecule has 2 N–H and O–H groups in total. The highest BCUT2D eigenvalue weighted by Crippen LogP contribution is 2.26. The number of nitrogens with zero attached hydrogens (tertiary/aromatic N) is 2. The number of aromatic nitrogens is 2. The smallest absolute Gasteiger partial charge is 0.231 e. The highest BCUT2D eigenvalue weighted by molar-refractivity contribution is 5.79. The number of aliphatic hydroxyl groups excluding tert-OH is 1. The zero-order valence-electron chi connectivity index (χ0n) is 13.1. The summed E-state index contributed by atoms with van der Waals surface area (Å²) < 4.78 is 5.26. The van der Waals surface area contributed by atoms with Crippen LogP contribution in [0.2, 0.25) is 0 Å². The lowest BCUT2D eigenvalue weighted by Gasteiger charge is -2.16. The average molecular weight is 315 g/mol. The van der Waals surface area contributed by atoms with E-state index in [0.29, 0.717) is 24.6 Å². The number of carbonyl (C=O) groups excluding carboxylic acids is 1. The van der Waals surface area contributed by atoms with E-state index in [4.69, 9.17) is 4.52 Å². The third kappa shape index (κ3) is 3.76. The monoisotopic (exact) mass is 315 g/mol. The fourth-order valence-electron chi connectivity index (χ4n) is 2.92. The number of carbonyl (C=O) groups is 1. The van der Waals surface area contributed by atoms with E-state index in [1.807, 2.05) is 37.3 Å². The topological polar surface area (TPSA) is 88.2 Å². The zero-order valence-corrected chi connectivity index (χ0v) is 13.1. The molecule has 0 radical (unpaired) electrons. The minimum Gasteiger partial charge on any atom is -0.392 e. The Morgan fingerprint density at radius 2 is 2.17 bits per heavy atom. The van der Waals surface area contributed by atoms with Gasteiger partial charge in [0.25, 0.3) is 0 Å². The van der Waals surface area contributed by atoms with Crippen molar-refractivity contribution in [3.05, 3.63) is 47.6 Å². The van der Waals surface area contributed by atoms with Gasteiger partial charge in [0.15, 0.2) is 5.82 Å². The summed E-state index contributed by atoms with van der Waals surface area (Å²) in [7, 11) is 0. The van der Waals surface area contributed by atoms with E-state index in [1.165, 1.54) is 0 Å². The first kappa shape index (κ1) is 15.7. The van der Waals surface area contributed by atoms with Crippen molar-refractivity contribution in [2.45, 2.75) is 44.8 Å². The molecule has 23 heavy (non-hydrogen) atoms. The molecule has 3 unspecified atom stereocenters. The lowest BCUT2D eigenvalue weighted by molar-refractivity contribution is -0.128. The predicted octanol–water partition coefficient (Wildman–Crippen LogP) is 2.00. The fraction of sp³-hybridized carbons (Fsp3) is 0.471. The van der Waals surface area contributed by atoms with Gasteiger partial charge in [-0.3, -0.25) is 4.79 Å². The number of nitrogens with one attached hydrogen (secondary N) is 1. The molecule has 2 aromatic rings. The van der Waals surface area contributed by atoms with Crippen LogP contribution < -0.4 is 5.32 Å². The number of hydrogen-bond acceptors (Lipinski definition) is 5. The van der Waals surface area contributed by atoms with E-state index in [1.54, 1.807) is 0 Å². The molecule has 1 aliphatic rings. The van der Waals surface area contributed by atoms with Crippen LogP contribution in [0, 0.1) is 5.92 Å². The Bertz CT molecular complexity index is 656. The van der Waals surface area contributed by atoms with Gasteiger partial charge in [0, 0.05) is 0 Å². The number of amides is 1. The molecule has 0 aliphatic heterocycles. The summed E-state index contributed by atoms with van der Waals surface area (Å²) in [4.78, 5) is 16.5. The molecular weight excluding hydrogens is 294 g/mol. The van der Waals surface area contributed by atoms with Crippen LogP contribution in [0.5, 0.6) is 0 Å². The molecule has 1 saturated carbocycles. The maximum Gasteiger partial charge on any atom is 0.231 e. The molecular formula is C17H21N3O3. The van der Waals surface area contributed by atoms with Crippen molar-refractivity contribution in [1.82, 2.24) is 15.5 Å². The van der Waals surface area contributed by atoms with E-state index < -0.39 is 6.10 Å². The first-order valence-electron chi connectivity index (χ1n) is 7.98. The Morgan fingerprint density at radius 3 is 2.87 bits per heavy atom. The Hall–Kier alpha value is -2.21. The molecule has 3 atom stereocenters. The fourth-order valence-corrected chi connectivity index (χ4v) is 2.92. The summed E-state index contributed by atoms with van der Waals surface area (Å²) in [6, 6.07) is 9.53. The average Bonchev–Trinajstić information content (AvgIpc) is 3.17. The summed E-state index contributed by atoms with van der Waals surface area (Å²) in [6.45, 7) is 1.82. The highest BCUT2D eigenvalue weighted by Gasteiger charge is 2.32. The van der Waals surface area contributed by atoms with E-state index in [9.17, 15) is 9.90 Å². The maximum atomic E-state index is 12.2. The van der Waals surface area contributed by atoms with Crippen molar-refractivity contribution in [3.8, 4) is 0 Å². The Balaban J connectivity index is 1.60. The van der Waals surface area contributed by atoms with Crippen LogP contribution in [-0.2, 0) is 11.2 Å². The van der Waals surface area contributed by atoms with Gasteiger partial charge in [0.2, 0.25) is 11.8 Å². The number of benzene rings is 1. The first-order valence-corrected chi connectivity index (χ1v) is 7.98. The number of aliphatic hydroxyl groups is 1. The molecule has 1 aliphatic carbocycles. The third-order valence-electron chi connectivity index (χ3n) is 4.24. The molecule has 0 bridgehead atoms. The van der Waals surface area contributed by atoms with Crippen LogP contribution in [0.4, 0.5) is 0 Å². The summed E-state index contributed by atoms with van der Waals surface area (Å²) in [5.74, 6) is 0.509. The molecule has 1 aromatic heterocycles. The van der Waals surface area contributed by atoms with Crippen LogP contribution in [0.1, 0.15) is 49.5 Å². The molecule has 0 saturated heterocycles. The molecule has 0 spiro atoms. The molecule has 6 nitrogen and oxygen atoms in total. The van der Waals surface area contributed by atoms with Crippen LogP contribution in [-0.4, -0.2) is 27.3 Å². The molecule has 1 heterocycles. The lowest BCUT2D eigenvalue weighted by atomic mass is 10.0. The van der Waals surface area contributed by atoms with Crippen LogP contribution >= 0.6 is 0 Å². The predicted molar refractivity (Wildman–Crippen MR) is 83.5 cm³/mol. The second kappa shape index (κ2) is 6.91. The molecule has 1 fully saturated rings. The Kier molecular flexibility index (Phi) is 4.71. The van der Waals surface area contributed by atoms with Crippen LogP contribution in [0.3, 0.4) is 0 Å². The normalized spacial score (nSPS) is 22.0.